The Hall–Kier alpha value is -2.05. The number of sulfonamides is 1. The molecule has 5 nitrogen and oxygen atoms in total. The fourth-order valence-corrected chi connectivity index (χ4v) is 4.43. The summed E-state index contributed by atoms with van der Waals surface area (Å²) in [5.41, 5.74) is 3.47. The number of amides is 1. The summed E-state index contributed by atoms with van der Waals surface area (Å²) in [5, 5.41) is 0.627. The van der Waals surface area contributed by atoms with Gasteiger partial charge < -0.3 is 4.90 Å². The highest BCUT2D eigenvalue weighted by molar-refractivity contribution is 7.92. The number of likely N-dealkylation sites (N-methyl/N-ethyl adjacent to an activating group) is 1. The Morgan fingerprint density at radius 2 is 1.68 bits per heavy atom. The Labute approximate surface area is 173 Å². The largest absolute Gasteiger partial charge is 0.340 e. The molecule has 0 aliphatic heterocycles. The highest BCUT2D eigenvalue weighted by Gasteiger charge is 2.33. The molecule has 7 heteroatoms. The van der Waals surface area contributed by atoms with Gasteiger partial charge in [0, 0.05) is 18.6 Å². The third-order valence-corrected chi connectivity index (χ3v) is 6.20. The summed E-state index contributed by atoms with van der Waals surface area (Å²) < 4.78 is 26.4. The number of carbonyl (C=O) groups excluding carboxylic acids is 1. The van der Waals surface area contributed by atoms with E-state index in [9.17, 15) is 13.2 Å². The quantitative estimate of drug-likeness (QED) is 0.673. The first kappa shape index (κ1) is 22.2. The van der Waals surface area contributed by atoms with Crippen molar-refractivity contribution in [2.75, 3.05) is 17.6 Å². The molecule has 0 N–H and O–H groups in total. The van der Waals surface area contributed by atoms with Crippen molar-refractivity contribution >= 4 is 33.2 Å². The number of carbonyl (C=O) groups is 1. The standard InChI is InChI=1S/C21H27ClN2O3S/c1-6-20(21(25)23(4)14-17-8-10-18(22)11-9-17)24(28(5,26)27)19-12-7-15(2)16(3)13-19/h7-13,20H,6,14H2,1-5H3/t20-/m1/s1. The van der Waals surface area contributed by atoms with Crippen LogP contribution in [-0.4, -0.2) is 38.6 Å². The average Bonchev–Trinajstić information content (AvgIpc) is 2.62. The number of nitrogens with zero attached hydrogens (tertiary/aromatic N) is 2. The Morgan fingerprint density at radius 3 is 2.18 bits per heavy atom. The molecular weight excluding hydrogens is 396 g/mol. The minimum Gasteiger partial charge on any atom is -0.340 e. The molecule has 0 aromatic heterocycles. The molecule has 0 radical (unpaired) electrons. The van der Waals surface area contributed by atoms with Crippen LogP contribution in [0.5, 0.6) is 0 Å². The van der Waals surface area contributed by atoms with Gasteiger partial charge in [0.25, 0.3) is 0 Å². The van der Waals surface area contributed by atoms with E-state index < -0.39 is 16.1 Å². The highest BCUT2D eigenvalue weighted by Crippen LogP contribution is 2.26. The van der Waals surface area contributed by atoms with Crippen LogP contribution < -0.4 is 4.31 Å². The fraction of sp³-hybridized carbons (Fsp3) is 0.381. The van der Waals surface area contributed by atoms with Crippen LogP contribution in [0.4, 0.5) is 5.69 Å². The highest BCUT2D eigenvalue weighted by atomic mass is 35.5. The van der Waals surface area contributed by atoms with E-state index in [0.29, 0.717) is 23.7 Å². The molecule has 0 spiro atoms. The lowest BCUT2D eigenvalue weighted by Crippen LogP contribution is -2.49. The maximum absolute atomic E-state index is 13.2. The van der Waals surface area contributed by atoms with E-state index in [1.54, 1.807) is 30.1 Å². The first-order valence-corrected chi connectivity index (χ1v) is 11.3. The van der Waals surface area contributed by atoms with Gasteiger partial charge in [0.2, 0.25) is 15.9 Å². The molecule has 2 aromatic rings. The van der Waals surface area contributed by atoms with E-state index in [4.69, 9.17) is 11.6 Å². The van der Waals surface area contributed by atoms with Gasteiger partial charge in [-0.15, -0.1) is 0 Å². The first-order valence-electron chi connectivity index (χ1n) is 9.10. The zero-order valence-electron chi connectivity index (χ0n) is 16.9. The maximum atomic E-state index is 13.2. The van der Waals surface area contributed by atoms with Crippen molar-refractivity contribution < 1.29 is 13.2 Å². The van der Waals surface area contributed by atoms with Crippen molar-refractivity contribution in [1.82, 2.24) is 4.90 Å². The van der Waals surface area contributed by atoms with E-state index in [1.165, 1.54) is 4.31 Å². The molecule has 0 heterocycles. The van der Waals surface area contributed by atoms with Crippen molar-refractivity contribution in [2.45, 2.75) is 39.8 Å². The zero-order chi connectivity index (χ0) is 21.1. The van der Waals surface area contributed by atoms with Crippen LogP contribution >= 0.6 is 11.6 Å². The number of anilines is 1. The van der Waals surface area contributed by atoms with Crippen LogP contribution in [0.2, 0.25) is 5.02 Å². The number of hydrogen-bond acceptors (Lipinski definition) is 3. The molecule has 0 aliphatic rings. The van der Waals surface area contributed by atoms with Crippen LogP contribution in [0, 0.1) is 13.8 Å². The predicted octanol–water partition coefficient (Wildman–Crippen LogP) is 4.16. The lowest BCUT2D eigenvalue weighted by molar-refractivity contribution is -0.131. The maximum Gasteiger partial charge on any atom is 0.246 e. The minimum atomic E-state index is -3.65. The van der Waals surface area contributed by atoms with Gasteiger partial charge in [-0.05, 0) is 61.2 Å². The second-order valence-corrected chi connectivity index (χ2v) is 9.37. The molecule has 0 saturated carbocycles. The van der Waals surface area contributed by atoms with Gasteiger partial charge in [-0.25, -0.2) is 8.42 Å². The van der Waals surface area contributed by atoms with Crippen molar-refractivity contribution in [2.24, 2.45) is 0 Å². The summed E-state index contributed by atoms with van der Waals surface area (Å²) in [6.45, 7) is 6.08. The molecule has 152 valence electrons. The summed E-state index contributed by atoms with van der Waals surface area (Å²) in [4.78, 5) is 14.7. The van der Waals surface area contributed by atoms with E-state index in [1.807, 2.05) is 45.0 Å². The normalized spacial score (nSPS) is 12.5. The molecule has 28 heavy (non-hydrogen) atoms. The second-order valence-electron chi connectivity index (χ2n) is 7.07. The van der Waals surface area contributed by atoms with Crippen LogP contribution in [0.15, 0.2) is 42.5 Å². The third kappa shape index (κ3) is 5.26. The lowest BCUT2D eigenvalue weighted by Gasteiger charge is -2.33. The molecule has 2 aromatic carbocycles. The van der Waals surface area contributed by atoms with Crippen LogP contribution in [0.1, 0.15) is 30.0 Å². The number of hydrogen-bond donors (Lipinski definition) is 0. The number of halogens is 1. The van der Waals surface area contributed by atoms with E-state index in [2.05, 4.69) is 0 Å². The van der Waals surface area contributed by atoms with Crippen LogP contribution in [-0.2, 0) is 21.4 Å². The van der Waals surface area contributed by atoms with Crippen molar-refractivity contribution in [3.8, 4) is 0 Å². The molecule has 1 atom stereocenters. The number of aryl methyl sites for hydroxylation is 2. The molecular formula is C21H27ClN2O3S. The second kappa shape index (κ2) is 8.97. The van der Waals surface area contributed by atoms with Gasteiger partial charge in [-0.2, -0.15) is 0 Å². The summed E-state index contributed by atoms with van der Waals surface area (Å²) in [5.74, 6) is -0.249. The van der Waals surface area contributed by atoms with Crippen molar-refractivity contribution in [3.63, 3.8) is 0 Å². The molecule has 0 unspecified atom stereocenters. The summed E-state index contributed by atoms with van der Waals surface area (Å²) in [6.07, 6.45) is 1.50. The lowest BCUT2D eigenvalue weighted by atomic mass is 10.1. The fourth-order valence-electron chi connectivity index (χ4n) is 3.10. The van der Waals surface area contributed by atoms with Crippen LogP contribution in [0.25, 0.3) is 0 Å². The molecule has 0 bridgehead atoms. The molecule has 2 rings (SSSR count). The third-order valence-electron chi connectivity index (χ3n) is 4.77. The van der Waals surface area contributed by atoms with Gasteiger partial charge in [0.15, 0.2) is 0 Å². The Kier molecular flexibility index (Phi) is 7.12. The molecule has 1 amide bonds. The van der Waals surface area contributed by atoms with Crippen LogP contribution in [0.3, 0.4) is 0 Å². The van der Waals surface area contributed by atoms with Crippen molar-refractivity contribution in [1.29, 1.82) is 0 Å². The first-order chi connectivity index (χ1) is 13.0. The Morgan fingerprint density at radius 1 is 1.07 bits per heavy atom. The molecule has 0 fully saturated rings. The van der Waals surface area contributed by atoms with Gasteiger partial charge in [0.05, 0.1) is 11.9 Å². The van der Waals surface area contributed by atoms with E-state index in [0.717, 1.165) is 22.9 Å². The molecule has 0 aliphatic carbocycles. The minimum absolute atomic E-state index is 0.249. The number of rotatable bonds is 7. The van der Waals surface area contributed by atoms with Crippen molar-refractivity contribution in [3.05, 3.63) is 64.2 Å². The Balaban J connectivity index is 2.35. The van der Waals surface area contributed by atoms with Gasteiger partial charge >= 0.3 is 0 Å². The monoisotopic (exact) mass is 422 g/mol. The van der Waals surface area contributed by atoms with E-state index in [-0.39, 0.29) is 5.91 Å². The SMILES string of the molecule is CC[C@H](C(=O)N(C)Cc1ccc(Cl)cc1)N(c1ccc(C)c(C)c1)S(C)(=O)=O. The van der Waals surface area contributed by atoms with Gasteiger partial charge in [-0.1, -0.05) is 36.7 Å². The van der Waals surface area contributed by atoms with Gasteiger partial charge in [-0.3, -0.25) is 9.10 Å². The Bertz CT molecular complexity index is 943. The topological polar surface area (TPSA) is 57.7 Å². The summed E-state index contributed by atoms with van der Waals surface area (Å²) in [7, 11) is -1.97. The summed E-state index contributed by atoms with van der Waals surface area (Å²) >= 11 is 5.91. The predicted molar refractivity (Wildman–Crippen MR) is 115 cm³/mol. The molecule has 0 saturated heterocycles. The number of benzene rings is 2. The van der Waals surface area contributed by atoms with Gasteiger partial charge in [0.1, 0.15) is 6.04 Å². The van der Waals surface area contributed by atoms with E-state index >= 15 is 0 Å². The smallest absolute Gasteiger partial charge is 0.246 e. The average molecular weight is 423 g/mol. The zero-order valence-corrected chi connectivity index (χ0v) is 18.5. The summed E-state index contributed by atoms with van der Waals surface area (Å²) in [6, 6.07) is 11.9.